The molecular formula is C16H22ClN5O2S2. The van der Waals surface area contributed by atoms with Crippen LogP contribution in [0.5, 0.6) is 0 Å². The van der Waals surface area contributed by atoms with Crippen LogP contribution in [0.1, 0.15) is 31.7 Å². The van der Waals surface area contributed by atoms with E-state index < -0.39 is 10.0 Å². The second-order valence-corrected chi connectivity index (χ2v) is 9.90. The molecule has 1 saturated heterocycles. The summed E-state index contributed by atoms with van der Waals surface area (Å²) in [6.07, 6.45) is 2.32. The maximum absolute atomic E-state index is 12.8. The quantitative estimate of drug-likeness (QED) is 0.746. The van der Waals surface area contributed by atoms with E-state index in [0.717, 1.165) is 35.6 Å². The van der Waals surface area contributed by atoms with E-state index >= 15 is 0 Å². The summed E-state index contributed by atoms with van der Waals surface area (Å²) in [6.45, 7) is 6.18. The molecule has 0 unspecified atom stereocenters. The lowest BCUT2D eigenvalue weighted by Gasteiger charge is -2.21. The molecule has 0 radical (unpaired) electrons. The standard InChI is InChI=1S/C16H22ClN5O2S2/c1-3-12-13(4-2)19-20-16(18-12)21-8-5-9-22(11-10-21)26(23,24)15-7-6-14(17)25-15/h6-7H,3-5,8-11H2,1-2H3. The van der Waals surface area contributed by atoms with E-state index in [1.165, 1.54) is 4.31 Å². The van der Waals surface area contributed by atoms with Gasteiger partial charge in [-0.3, -0.25) is 0 Å². The van der Waals surface area contributed by atoms with Gasteiger partial charge in [-0.25, -0.2) is 13.4 Å². The molecule has 26 heavy (non-hydrogen) atoms. The summed E-state index contributed by atoms with van der Waals surface area (Å²) in [7, 11) is -3.51. The maximum atomic E-state index is 12.8. The largest absolute Gasteiger partial charge is 0.338 e. The molecule has 0 amide bonds. The van der Waals surface area contributed by atoms with E-state index in [-0.39, 0.29) is 4.21 Å². The number of hydrogen-bond acceptors (Lipinski definition) is 7. The number of aromatic nitrogens is 3. The minimum Gasteiger partial charge on any atom is -0.338 e. The molecule has 0 aromatic carbocycles. The lowest BCUT2D eigenvalue weighted by atomic mass is 10.2. The molecule has 10 heteroatoms. The van der Waals surface area contributed by atoms with Crippen LogP contribution in [-0.4, -0.2) is 54.1 Å². The third kappa shape index (κ3) is 4.00. The van der Waals surface area contributed by atoms with Crippen LogP contribution in [0.4, 0.5) is 5.95 Å². The van der Waals surface area contributed by atoms with Crippen molar-refractivity contribution >= 4 is 38.9 Å². The Morgan fingerprint density at radius 2 is 1.85 bits per heavy atom. The first kappa shape index (κ1) is 19.5. The van der Waals surface area contributed by atoms with E-state index in [1.54, 1.807) is 12.1 Å². The number of rotatable bonds is 5. The van der Waals surface area contributed by atoms with Gasteiger partial charge in [0.15, 0.2) is 0 Å². The molecule has 0 spiro atoms. The number of anilines is 1. The van der Waals surface area contributed by atoms with E-state index in [0.29, 0.717) is 42.9 Å². The number of thiophene rings is 1. The molecule has 1 aliphatic heterocycles. The van der Waals surface area contributed by atoms with Crippen LogP contribution >= 0.6 is 22.9 Å². The molecule has 2 aromatic heterocycles. The van der Waals surface area contributed by atoms with Crippen molar-refractivity contribution in [1.82, 2.24) is 19.5 Å². The average molecular weight is 416 g/mol. The van der Waals surface area contributed by atoms with Gasteiger partial charge < -0.3 is 4.90 Å². The van der Waals surface area contributed by atoms with Crippen molar-refractivity contribution in [3.05, 3.63) is 27.9 Å². The van der Waals surface area contributed by atoms with Crippen LogP contribution in [0.2, 0.25) is 4.34 Å². The van der Waals surface area contributed by atoms with Gasteiger partial charge in [-0.2, -0.15) is 9.40 Å². The lowest BCUT2D eigenvalue weighted by Crippen LogP contribution is -2.35. The first-order valence-corrected chi connectivity index (χ1v) is 11.3. The summed E-state index contributed by atoms with van der Waals surface area (Å²) in [4.78, 5) is 6.66. The Hall–Kier alpha value is -1.29. The van der Waals surface area contributed by atoms with Crippen LogP contribution in [-0.2, 0) is 22.9 Å². The van der Waals surface area contributed by atoms with Gasteiger partial charge in [0.1, 0.15) is 4.21 Å². The zero-order chi connectivity index (χ0) is 18.7. The molecule has 1 fully saturated rings. The zero-order valence-electron chi connectivity index (χ0n) is 14.9. The van der Waals surface area contributed by atoms with E-state index in [4.69, 9.17) is 11.6 Å². The van der Waals surface area contributed by atoms with Gasteiger partial charge in [-0.1, -0.05) is 25.4 Å². The fourth-order valence-electron chi connectivity index (χ4n) is 2.96. The third-order valence-electron chi connectivity index (χ3n) is 4.38. The predicted molar refractivity (Wildman–Crippen MR) is 104 cm³/mol. The molecule has 1 aliphatic rings. The highest BCUT2D eigenvalue weighted by atomic mass is 35.5. The highest BCUT2D eigenvalue weighted by Gasteiger charge is 2.29. The molecular weight excluding hydrogens is 394 g/mol. The highest BCUT2D eigenvalue weighted by Crippen LogP contribution is 2.28. The fraction of sp³-hybridized carbons (Fsp3) is 0.562. The van der Waals surface area contributed by atoms with Crippen LogP contribution < -0.4 is 4.90 Å². The Bertz CT molecular complexity index is 871. The Morgan fingerprint density at radius 3 is 2.50 bits per heavy atom. The van der Waals surface area contributed by atoms with Crippen molar-refractivity contribution in [2.24, 2.45) is 0 Å². The molecule has 142 valence electrons. The summed E-state index contributed by atoms with van der Waals surface area (Å²) in [5.74, 6) is 0.581. The van der Waals surface area contributed by atoms with Crippen LogP contribution in [0.25, 0.3) is 0 Å². The van der Waals surface area contributed by atoms with Crippen molar-refractivity contribution in [2.45, 2.75) is 37.3 Å². The van der Waals surface area contributed by atoms with Gasteiger partial charge in [-0.05, 0) is 31.4 Å². The fourth-order valence-corrected chi connectivity index (χ4v) is 6.07. The van der Waals surface area contributed by atoms with Gasteiger partial charge in [0.2, 0.25) is 5.95 Å². The molecule has 3 heterocycles. The van der Waals surface area contributed by atoms with Gasteiger partial charge in [0.25, 0.3) is 10.0 Å². The number of aryl methyl sites for hydroxylation is 2. The van der Waals surface area contributed by atoms with Gasteiger partial charge in [0.05, 0.1) is 15.7 Å². The molecule has 0 N–H and O–H groups in total. The van der Waals surface area contributed by atoms with Crippen LogP contribution in [0, 0.1) is 0 Å². The summed E-state index contributed by atoms with van der Waals surface area (Å²) in [5.41, 5.74) is 1.88. The van der Waals surface area contributed by atoms with Gasteiger partial charge in [-0.15, -0.1) is 16.4 Å². The monoisotopic (exact) mass is 415 g/mol. The van der Waals surface area contributed by atoms with Crippen molar-refractivity contribution in [3.8, 4) is 0 Å². The number of hydrogen-bond donors (Lipinski definition) is 0. The van der Waals surface area contributed by atoms with Crippen molar-refractivity contribution in [2.75, 3.05) is 31.1 Å². The minimum absolute atomic E-state index is 0.287. The first-order chi connectivity index (χ1) is 12.5. The summed E-state index contributed by atoms with van der Waals surface area (Å²) in [6, 6.07) is 3.18. The Balaban J connectivity index is 1.76. The molecule has 2 aromatic rings. The number of sulfonamides is 1. The number of halogens is 1. The van der Waals surface area contributed by atoms with Crippen molar-refractivity contribution < 1.29 is 8.42 Å². The SMILES string of the molecule is CCc1nnc(N2CCCN(S(=O)(=O)c3ccc(Cl)s3)CC2)nc1CC. The van der Waals surface area contributed by atoms with Gasteiger partial charge in [0, 0.05) is 26.2 Å². The number of nitrogens with zero attached hydrogens (tertiary/aromatic N) is 5. The van der Waals surface area contributed by atoms with Crippen LogP contribution in [0.3, 0.4) is 0 Å². The summed E-state index contributed by atoms with van der Waals surface area (Å²) in [5, 5.41) is 8.55. The summed E-state index contributed by atoms with van der Waals surface area (Å²) < 4.78 is 27.9. The van der Waals surface area contributed by atoms with E-state index in [2.05, 4.69) is 22.1 Å². The van der Waals surface area contributed by atoms with Crippen molar-refractivity contribution in [3.63, 3.8) is 0 Å². The normalized spacial score (nSPS) is 16.7. The Kier molecular flexibility index (Phi) is 6.11. The molecule has 0 aliphatic carbocycles. The molecule has 0 saturated carbocycles. The Labute approximate surface area is 163 Å². The second kappa shape index (κ2) is 8.16. The zero-order valence-corrected chi connectivity index (χ0v) is 17.2. The molecule has 0 atom stereocenters. The Morgan fingerprint density at radius 1 is 1.08 bits per heavy atom. The van der Waals surface area contributed by atoms with Gasteiger partial charge >= 0.3 is 0 Å². The minimum atomic E-state index is -3.51. The average Bonchev–Trinajstić information content (AvgIpc) is 2.93. The molecule has 0 bridgehead atoms. The maximum Gasteiger partial charge on any atom is 0.252 e. The highest BCUT2D eigenvalue weighted by molar-refractivity contribution is 7.91. The topological polar surface area (TPSA) is 79.3 Å². The van der Waals surface area contributed by atoms with Crippen molar-refractivity contribution in [1.29, 1.82) is 0 Å². The van der Waals surface area contributed by atoms with E-state index in [1.807, 2.05) is 11.8 Å². The predicted octanol–water partition coefficient (Wildman–Crippen LogP) is 2.61. The van der Waals surface area contributed by atoms with E-state index in [9.17, 15) is 8.42 Å². The van der Waals surface area contributed by atoms with Crippen LogP contribution in [0.15, 0.2) is 16.3 Å². The first-order valence-electron chi connectivity index (χ1n) is 8.68. The molecule has 7 nitrogen and oxygen atoms in total. The lowest BCUT2D eigenvalue weighted by molar-refractivity contribution is 0.434. The second-order valence-electron chi connectivity index (χ2n) is 6.02. The third-order valence-corrected chi connectivity index (χ3v) is 7.98. The summed E-state index contributed by atoms with van der Waals surface area (Å²) >= 11 is 6.99. The smallest absolute Gasteiger partial charge is 0.252 e. The molecule has 3 rings (SSSR count).